The Balaban J connectivity index is 0.00000338. The maximum Gasteiger partial charge on any atom is 0.191 e. The molecule has 4 nitrogen and oxygen atoms in total. The van der Waals surface area contributed by atoms with Gasteiger partial charge in [0.1, 0.15) is 5.82 Å². The Kier molecular flexibility index (Phi) is 11.2. The molecule has 1 aromatic carbocycles. The molecular formula is C19H30FIN4S. The quantitative estimate of drug-likeness (QED) is 0.152. The van der Waals surface area contributed by atoms with Gasteiger partial charge in [0.25, 0.3) is 0 Å². The van der Waals surface area contributed by atoms with Gasteiger partial charge in [-0.1, -0.05) is 12.2 Å². The first kappa shape index (κ1) is 23.2. The number of nitrogens with one attached hydrogen (secondary N) is 2. The fourth-order valence-corrected chi connectivity index (χ4v) is 3.64. The number of nitrogens with zero attached hydrogens (tertiary/aromatic N) is 2. The summed E-state index contributed by atoms with van der Waals surface area (Å²) in [5.74, 6) is 1.57. The molecule has 0 amide bonds. The molecule has 0 bridgehead atoms. The fraction of sp³-hybridized carbons (Fsp3) is 0.526. The summed E-state index contributed by atoms with van der Waals surface area (Å²) in [7, 11) is 1.80. The predicted molar refractivity (Wildman–Crippen MR) is 121 cm³/mol. The molecular weight excluding hydrogens is 462 g/mol. The number of aliphatic imine (C=N–C) groups is 1. The maximum atomic E-state index is 12.9. The average molecular weight is 492 g/mol. The molecule has 0 spiro atoms. The van der Waals surface area contributed by atoms with E-state index in [2.05, 4.69) is 34.0 Å². The van der Waals surface area contributed by atoms with E-state index in [0.717, 1.165) is 55.6 Å². The summed E-state index contributed by atoms with van der Waals surface area (Å²) in [4.78, 5) is 7.85. The average Bonchev–Trinajstić information content (AvgIpc) is 2.60. The van der Waals surface area contributed by atoms with Crippen molar-refractivity contribution in [3.63, 3.8) is 0 Å². The van der Waals surface area contributed by atoms with Crippen LogP contribution in [0.4, 0.5) is 4.39 Å². The van der Waals surface area contributed by atoms with Crippen LogP contribution in [0.3, 0.4) is 0 Å². The van der Waals surface area contributed by atoms with Crippen LogP contribution in [0.2, 0.25) is 0 Å². The second-order valence-electron chi connectivity index (χ2n) is 6.45. The second kappa shape index (κ2) is 12.6. The number of halogens is 2. The van der Waals surface area contributed by atoms with Gasteiger partial charge in [-0.2, -0.15) is 0 Å². The molecule has 0 saturated carbocycles. The van der Waals surface area contributed by atoms with Crippen molar-refractivity contribution in [1.29, 1.82) is 0 Å². The minimum absolute atomic E-state index is 0. The van der Waals surface area contributed by atoms with Crippen molar-refractivity contribution >= 4 is 41.7 Å². The number of hydrogen-bond acceptors (Lipinski definition) is 3. The van der Waals surface area contributed by atoms with Crippen molar-refractivity contribution in [1.82, 2.24) is 15.5 Å². The number of hydrogen-bond donors (Lipinski definition) is 2. The highest BCUT2D eigenvalue weighted by molar-refractivity contribution is 14.0. The minimum atomic E-state index is -0.193. The third-order valence-corrected chi connectivity index (χ3v) is 5.14. The van der Waals surface area contributed by atoms with Gasteiger partial charge in [0.2, 0.25) is 0 Å². The minimum Gasteiger partial charge on any atom is -0.356 e. The summed E-state index contributed by atoms with van der Waals surface area (Å²) in [5, 5.41) is 6.87. The van der Waals surface area contributed by atoms with E-state index in [9.17, 15) is 4.39 Å². The van der Waals surface area contributed by atoms with Crippen LogP contribution < -0.4 is 10.6 Å². The van der Waals surface area contributed by atoms with E-state index >= 15 is 0 Å². The van der Waals surface area contributed by atoms with E-state index in [1.165, 1.54) is 17.7 Å². The topological polar surface area (TPSA) is 39.7 Å². The Labute approximate surface area is 178 Å². The van der Waals surface area contributed by atoms with E-state index in [4.69, 9.17) is 0 Å². The van der Waals surface area contributed by atoms with Crippen molar-refractivity contribution in [3.05, 3.63) is 42.2 Å². The summed E-state index contributed by atoms with van der Waals surface area (Å²) in [6, 6.07) is 7.09. The lowest BCUT2D eigenvalue weighted by atomic mass is 10.0. The standard InChI is InChI=1S/C19H29FN4S.HI/c1-15(2)14-24-11-8-17(9-12-24)23-19(21-3)22-10-13-25-18-6-4-16(20)5-7-18;/h4-7,17H,1,8-14H2,2-3H3,(H2,21,22,23);1H. The van der Waals surface area contributed by atoms with E-state index in [1.54, 1.807) is 18.8 Å². The largest absolute Gasteiger partial charge is 0.356 e. The molecule has 1 aromatic rings. The van der Waals surface area contributed by atoms with Gasteiger partial charge in [0.05, 0.1) is 0 Å². The lowest BCUT2D eigenvalue weighted by molar-refractivity contribution is 0.221. The monoisotopic (exact) mass is 492 g/mol. The molecule has 1 heterocycles. The maximum absolute atomic E-state index is 12.9. The molecule has 1 saturated heterocycles. The molecule has 1 aliphatic heterocycles. The van der Waals surface area contributed by atoms with Crippen LogP contribution >= 0.6 is 35.7 Å². The SMILES string of the molecule is C=C(C)CN1CCC(NC(=NC)NCCSc2ccc(F)cc2)CC1.I. The lowest BCUT2D eigenvalue weighted by Crippen LogP contribution is -2.49. The van der Waals surface area contributed by atoms with Gasteiger partial charge in [-0.05, 0) is 44.0 Å². The van der Waals surface area contributed by atoms with Crippen LogP contribution in [0.1, 0.15) is 19.8 Å². The van der Waals surface area contributed by atoms with Gasteiger partial charge in [-0.15, -0.1) is 35.7 Å². The van der Waals surface area contributed by atoms with Crippen LogP contribution in [-0.2, 0) is 0 Å². The van der Waals surface area contributed by atoms with Crippen LogP contribution in [0.5, 0.6) is 0 Å². The number of guanidine groups is 1. The first-order valence-electron chi connectivity index (χ1n) is 8.79. The zero-order valence-electron chi connectivity index (χ0n) is 15.6. The highest BCUT2D eigenvalue weighted by Crippen LogP contribution is 2.17. The normalized spacial score (nSPS) is 16.0. The van der Waals surface area contributed by atoms with E-state index in [1.807, 2.05) is 12.1 Å². The zero-order chi connectivity index (χ0) is 18.1. The summed E-state index contributed by atoms with van der Waals surface area (Å²) in [5.41, 5.74) is 1.22. The van der Waals surface area contributed by atoms with Gasteiger partial charge < -0.3 is 10.6 Å². The molecule has 0 atom stereocenters. The Morgan fingerprint density at radius 1 is 1.31 bits per heavy atom. The molecule has 7 heteroatoms. The Morgan fingerprint density at radius 3 is 2.54 bits per heavy atom. The highest BCUT2D eigenvalue weighted by atomic mass is 127. The number of piperidine rings is 1. The van der Waals surface area contributed by atoms with Crippen LogP contribution in [0, 0.1) is 5.82 Å². The van der Waals surface area contributed by atoms with Crippen molar-refractivity contribution < 1.29 is 4.39 Å². The van der Waals surface area contributed by atoms with Crippen molar-refractivity contribution in [2.45, 2.75) is 30.7 Å². The molecule has 26 heavy (non-hydrogen) atoms. The first-order chi connectivity index (χ1) is 12.1. The third-order valence-electron chi connectivity index (χ3n) is 4.12. The molecule has 2 N–H and O–H groups in total. The second-order valence-corrected chi connectivity index (χ2v) is 7.62. The van der Waals surface area contributed by atoms with Crippen molar-refractivity contribution in [2.75, 3.05) is 39.0 Å². The van der Waals surface area contributed by atoms with Crippen molar-refractivity contribution in [3.8, 4) is 0 Å². The molecule has 146 valence electrons. The number of benzene rings is 1. The summed E-state index contributed by atoms with van der Waals surface area (Å²) < 4.78 is 12.9. The smallest absolute Gasteiger partial charge is 0.191 e. The zero-order valence-corrected chi connectivity index (χ0v) is 18.8. The van der Waals surface area contributed by atoms with Gasteiger partial charge in [-0.25, -0.2) is 4.39 Å². The highest BCUT2D eigenvalue weighted by Gasteiger charge is 2.19. The van der Waals surface area contributed by atoms with E-state index < -0.39 is 0 Å². The number of thioether (sulfide) groups is 1. The van der Waals surface area contributed by atoms with Crippen LogP contribution in [-0.4, -0.2) is 55.9 Å². The number of rotatable bonds is 7. The van der Waals surface area contributed by atoms with Crippen LogP contribution in [0.15, 0.2) is 46.3 Å². The molecule has 0 radical (unpaired) electrons. The lowest BCUT2D eigenvalue weighted by Gasteiger charge is -2.33. The van der Waals surface area contributed by atoms with Gasteiger partial charge in [0.15, 0.2) is 5.96 Å². The molecule has 0 unspecified atom stereocenters. The van der Waals surface area contributed by atoms with Gasteiger partial charge in [0, 0.05) is 49.9 Å². The molecule has 2 rings (SSSR count). The summed E-state index contributed by atoms with van der Waals surface area (Å²) in [6.45, 7) is 10.1. The summed E-state index contributed by atoms with van der Waals surface area (Å²) >= 11 is 1.71. The Hall–Kier alpha value is -0.800. The Bertz CT molecular complexity index is 571. The molecule has 0 aliphatic carbocycles. The summed E-state index contributed by atoms with van der Waals surface area (Å²) in [6.07, 6.45) is 2.25. The number of likely N-dealkylation sites (tertiary alicyclic amines) is 1. The van der Waals surface area contributed by atoms with Gasteiger partial charge in [-0.3, -0.25) is 9.89 Å². The van der Waals surface area contributed by atoms with E-state index in [0.29, 0.717) is 6.04 Å². The van der Waals surface area contributed by atoms with Crippen molar-refractivity contribution in [2.24, 2.45) is 4.99 Å². The molecule has 1 fully saturated rings. The molecule has 0 aromatic heterocycles. The van der Waals surface area contributed by atoms with E-state index in [-0.39, 0.29) is 29.8 Å². The predicted octanol–water partition coefficient (Wildman–Crippen LogP) is 3.74. The Morgan fingerprint density at radius 2 is 1.96 bits per heavy atom. The first-order valence-corrected chi connectivity index (χ1v) is 9.77. The molecule has 1 aliphatic rings. The van der Waals surface area contributed by atoms with Gasteiger partial charge >= 0.3 is 0 Å². The van der Waals surface area contributed by atoms with Crippen LogP contribution in [0.25, 0.3) is 0 Å². The third kappa shape index (κ3) is 8.73. The fourth-order valence-electron chi connectivity index (χ4n) is 2.87.